The quantitative estimate of drug-likeness (QED) is 0.297. The smallest absolute Gasteiger partial charge is 0.320 e. The monoisotopic (exact) mass is 218 g/mol. The Morgan fingerprint density at radius 2 is 2.14 bits per heavy atom. The van der Waals surface area contributed by atoms with E-state index in [0.29, 0.717) is 12.8 Å². The number of hydrogen-bond acceptors (Lipinski definition) is 3. The van der Waals surface area contributed by atoms with E-state index < -0.39 is 16.6 Å². The molecular weight excluding hydrogens is 204 g/mol. The summed E-state index contributed by atoms with van der Waals surface area (Å²) >= 11 is 5.38. The first kappa shape index (κ1) is 13.2. The van der Waals surface area contributed by atoms with Gasteiger partial charge in [0.1, 0.15) is 5.41 Å². The van der Waals surface area contributed by atoms with E-state index in [-0.39, 0.29) is 6.61 Å². The number of carbonyl (C=O) groups excluding carboxylic acids is 2. The number of allylic oxidation sites excluding steroid dienone is 1. The average molecular weight is 219 g/mol. The Labute approximate surface area is 89.1 Å². The Hall–Kier alpha value is -0.830. The van der Waals surface area contributed by atoms with Gasteiger partial charge in [-0.05, 0) is 38.3 Å². The standard InChI is InChI=1S/C10H15ClO3/c1-4-6-7-10(3,8(11)12)9(13)14-5-2/h4H,1,5-7H2,2-3H3. The van der Waals surface area contributed by atoms with E-state index in [2.05, 4.69) is 6.58 Å². The summed E-state index contributed by atoms with van der Waals surface area (Å²) in [6, 6.07) is 0. The van der Waals surface area contributed by atoms with Crippen molar-refractivity contribution in [3.05, 3.63) is 12.7 Å². The van der Waals surface area contributed by atoms with Gasteiger partial charge in [0.25, 0.3) is 0 Å². The number of ether oxygens (including phenoxy) is 1. The maximum absolute atomic E-state index is 11.5. The van der Waals surface area contributed by atoms with E-state index in [1.54, 1.807) is 13.0 Å². The van der Waals surface area contributed by atoms with Crippen LogP contribution in [0, 0.1) is 5.41 Å². The van der Waals surface area contributed by atoms with Crippen LogP contribution < -0.4 is 0 Å². The second-order valence-electron chi connectivity index (χ2n) is 3.15. The molecule has 0 saturated carbocycles. The molecular formula is C10H15ClO3. The summed E-state index contributed by atoms with van der Waals surface area (Å²) in [7, 11) is 0. The number of carbonyl (C=O) groups is 2. The normalized spacial score (nSPS) is 14.2. The minimum Gasteiger partial charge on any atom is -0.465 e. The van der Waals surface area contributed by atoms with E-state index in [1.165, 1.54) is 6.92 Å². The van der Waals surface area contributed by atoms with Gasteiger partial charge in [-0.3, -0.25) is 9.59 Å². The van der Waals surface area contributed by atoms with Crippen LogP contribution in [0.1, 0.15) is 26.7 Å². The molecule has 1 unspecified atom stereocenters. The van der Waals surface area contributed by atoms with Crippen LogP contribution in [0.4, 0.5) is 0 Å². The predicted molar refractivity (Wildman–Crippen MR) is 55.0 cm³/mol. The van der Waals surface area contributed by atoms with Crippen LogP contribution in [0.3, 0.4) is 0 Å². The van der Waals surface area contributed by atoms with Gasteiger partial charge in [0.05, 0.1) is 6.61 Å². The minimum atomic E-state index is -1.24. The van der Waals surface area contributed by atoms with Gasteiger partial charge in [-0.2, -0.15) is 0 Å². The molecule has 1 atom stereocenters. The molecule has 0 saturated heterocycles. The van der Waals surface area contributed by atoms with Crippen LogP contribution in [0.15, 0.2) is 12.7 Å². The summed E-state index contributed by atoms with van der Waals surface area (Å²) in [4.78, 5) is 22.6. The van der Waals surface area contributed by atoms with Crippen LogP contribution in [0.5, 0.6) is 0 Å². The van der Waals surface area contributed by atoms with Crippen molar-refractivity contribution < 1.29 is 14.3 Å². The third kappa shape index (κ3) is 3.14. The first-order valence-electron chi connectivity index (χ1n) is 4.47. The number of halogens is 1. The molecule has 0 aliphatic rings. The first-order chi connectivity index (χ1) is 6.49. The summed E-state index contributed by atoms with van der Waals surface area (Å²) in [6.07, 6.45) is 2.52. The number of rotatable bonds is 6. The summed E-state index contributed by atoms with van der Waals surface area (Å²) < 4.78 is 4.79. The Balaban J connectivity index is 4.61. The third-order valence-corrected chi connectivity index (χ3v) is 2.43. The minimum absolute atomic E-state index is 0.243. The van der Waals surface area contributed by atoms with Gasteiger partial charge in [-0.15, -0.1) is 6.58 Å². The molecule has 0 aliphatic heterocycles. The van der Waals surface area contributed by atoms with Gasteiger partial charge in [0, 0.05) is 0 Å². The molecule has 0 fully saturated rings. The molecule has 0 spiro atoms. The molecule has 0 aromatic heterocycles. The van der Waals surface area contributed by atoms with Crippen LogP contribution >= 0.6 is 11.6 Å². The van der Waals surface area contributed by atoms with Crippen LogP contribution in [-0.4, -0.2) is 17.8 Å². The lowest BCUT2D eigenvalue weighted by Gasteiger charge is -2.21. The SMILES string of the molecule is C=CCCC(C)(C(=O)Cl)C(=O)OCC. The fraction of sp³-hybridized carbons (Fsp3) is 0.600. The fourth-order valence-corrected chi connectivity index (χ4v) is 1.13. The molecule has 14 heavy (non-hydrogen) atoms. The Morgan fingerprint density at radius 3 is 2.50 bits per heavy atom. The molecule has 0 aliphatic carbocycles. The second-order valence-corrected chi connectivity index (χ2v) is 3.50. The fourth-order valence-electron chi connectivity index (χ4n) is 0.962. The Kier molecular flexibility index (Phi) is 5.46. The van der Waals surface area contributed by atoms with Crippen molar-refractivity contribution in [3.63, 3.8) is 0 Å². The van der Waals surface area contributed by atoms with Gasteiger partial charge < -0.3 is 4.74 Å². The molecule has 80 valence electrons. The topological polar surface area (TPSA) is 43.4 Å². The van der Waals surface area contributed by atoms with E-state index in [9.17, 15) is 9.59 Å². The third-order valence-electron chi connectivity index (χ3n) is 2.01. The molecule has 0 amide bonds. The van der Waals surface area contributed by atoms with Crippen molar-refractivity contribution in [3.8, 4) is 0 Å². The zero-order chi connectivity index (χ0) is 11.2. The Bertz CT molecular complexity index is 238. The lowest BCUT2D eigenvalue weighted by molar-refractivity contribution is -0.157. The molecule has 3 nitrogen and oxygen atoms in total. The molecule has 0 N–H and O–H groups in total. The van der Waals surface area contributed by atoms with Crippen LogP contribution in [-0.2, 0) is 14.3 Å². The maximum atomic E-state index is 11.5. The molecule has 0 bridgehead atoms. The lowest BCUT2D eigenvalue weighted by Crippen LogP contribution is -2.35. The van der Waals surface area contributed by atoms with E-state index in [4.69, 9.17) is 16.3 Å². The van der Waals surface area contributed by atoms with Crippen molar-refractivity contribution in [1.82, 2.24) is 0 Å². The molecule has 4 heteroatoms. The van der Waals surface area contributed by atoms with Crippen molar-refractivity contribution in [2.24, 2.45) is 5.41 Å². The van der Waals surface area contributed by atoms with Crippen molar-refractivity contribution in [2.45, 2.75) is 26.7 Å². The van der Waals surface area contributed by atoms with Crippen molar-refractivity contribution >= 4 is 22.8 Å². The Morgan fingerprint density at radius 1 is 1.57 bits per heavy atom. The highest BCUT2D eigenvalue weighted by atomic mass is 35.5. The van der Waals surface area contributed by atoms with Crippen molar-refractivity contribution in [2.75, 3.05) is 6.61 Å². The highest BCUT2D eigenvalue weighted by Crippen LogP contribution is 2.28. The molecule has 0 heterocycles. The van der Waals surface area contributed by atoms with Crippen molar-refractivity contribution in [1.29, 1.82) is 0 Å². The number of hydrogen-bond donors (Lipinski definition) is 0. The summed E-state index contributed by atoms with van der Waals surface area (Å²) in [6.45, 7) is 6.94. The summed E-state index contributed by atoms with van der Waals surface area (Å²) in [5, 5.41) is -0.683. The highest BCUT2D eigenvalue weighted by Gasteiger charge is 2.40. The zero-order valence-electron chi connectivity index (χ0n) is 8.51. The molecule has 0 aromatic carbocycles. The molecule has 0 rings (SSSR count). The van der Waals surface area contributed by atoms with Gasteiger partial charge >= 0.3 is 5.97 Å². The van der Waals surface area contributed by atoms with E-state index >= 15 is 0 Å². The molecule has 0 aromatic rings. The largest absolute Gasteiger partial charge is 0.465 e. The lowest BCUT2D eigenvalue weighted by atomic mass is 9.87. The van der Waals surface area contributed by atoms with Crippen LogP contribution in [0.2, 0.25) is 0 Å². The zero-order valence-corrected chi connectivity index (χ0v) is 9.26. The number of esters is 1. The summed E-state index contributed by atoms with van der Waals surface area (Å²) in [5.74, 6) is -0.568. The predicted octanol–water partition coefficient (Wildman–Crippen LogP) is 2.29. The van der Waals surface area contributed by atoms with Gasteiger partial charge in [0.15, 0.2) is 0 Å². The van der Waals surface area contributed by atoms with E-state index in [1.807, 2.05) is 0 Å². The maximum Gasteiger partial charge on any atom is 0.320 e. The van der Waals surface area contributed by atoms with Crippen LogP contribution in [0.25, 0.3) is 0 Å². The average Bonchev–Trinajstić information content (AvgIpc) is 2.14. The van der Waals surface area contributed by atoms with Gasteiger partial charge in [-0.1, -0.05) is 6.08 Å². The highest BCUT2D eigenvalue weighted by molar-refractivity contribution is 6.66. The molecule has 0 radical (unpaired) electrons. The second kappa shape index (κ2) is 5.81. The van der Waals surface area contributed by atoms with E-state index in [0.717, 1.165) is 0 Å². The van der Waals surface area contributed by atoms with Gasteiger partial charge in [-0.25, -0.2) is 0 Å². The van der Waals surface area contributed by atoms with Gasteiger partial charge in [0.2, 0.25) is 5.24 Å². The summed E-state index contributed by atoms with van der Waals surface area (Å²) in [5.41, 5.74) is -1.24. The first-order valence-corrected chi connectivity index (χ1v) is 4.85.